The van der Waals surface area contributed by atoms with Crippen molar-refractivity contribution >= 4 is 17.3 Å². The summed E-state index contributed by atoms with van der Waals surface area (Å²) in [5.41, 5.74) is 3.17. The van der Waals surface area contributed by atoms with Crippen molar-refractivity contribution in [3.8, 4) is 27.4 Å². The van der Waals surface area contributed by atoms with Gasteiger partial charge in [-0.2, -0.15) is 0 Å². The fourth-order valence-corrected chi connectivity index (χ4v) is 5.29. The lowest BCUT2D eigenvalue weighted by atomic mass is 9.78. The Kier molecular flexibility index (Phi) is 6.40. The van der Waals surface area contributed by atoms with Crippen molar-refractivity contribution in [2.45, 2.75) is 53.2 Å². The first-order valence-corrected chi connectivity index (χ1v) is 12.2. The predicted molar refractivity (Wildman–Crippen MR) is 133 cm³/mol. The second-order valence-electron chi connectivity index (χ2n) is 9.60. The van der Waals surface area contributed by atoms with Crippen LogP contribution >= 0.6 is 11.3 Å². The average molecular weight is 483 g/mol. The molecule has 3 heterocycles. The van der Waals surface area contributed by atoms with Crippen LogP contribution in [0.3, 0.4) is 0 Å². The van der Waals surface area contributed by atoms with Gasteiger partial charge in [0.1, 0.15) is 22.4 Å². The molecule has 7 nitrogen and oxygen atoms in total. The smallest absolute Gasteiger partial charge is 0.343 e. The summed E-state index contributed by atoms with van der Waals surface area (Å²) in [4.78, 5) is 30.6. The van der Waals surface area contributed by atoms with Crippen LogP contribution in [0.15, 0.2) is 35.4 Å². The number of fused-ring (bicyclic) bond motifs is 3. The van der Waals surface area contributed by atoms with Crippen LogP contribution in [0.5, 0.6) is 5.75 Å². The number of nitrogens with zero attached hydrogens (tertiary/aromatic N) is 2. The number of aliphatic hydroxyl groups is 1. The van der Waals surface area contributed by atoms with Crippen LogP contribution in [-0.2, 0) is 11.2 Å². The van der Waals surface area contributed by atoms with Gasteiger partial charge < -0.3 is 19.1 Å². The van der Waals surface area contributed by atoms with Gasteiger partial charge >= 0.3 is 5.97 Å². The summed E-state index contributed by atoms with van der Waals surface area (Å²) in [5, 5.41) is 10.6. The van der Waals surface area contributed by atoms with Crippen molar-refractivity contribution < 1.29 is 19.4 Å². The third-order valence-electron chi connectivity index (χ3n) is 6.17. The molecule has 180 valence electrons. The van der Waals surface area contributed by atoms with Crippen LogP contribution in [-0.4, -0.2) is 34.3 Å². The van der Waals surface area contributed by atoms with Crippen LogP contribution in [0, 0.1) is 5.41 Å². The molecule has 34 heavy (non-hydrogen) atoms. The van der Waals surface area contributed by atoms with Gasteiger partial charge in [-0.05, 0) is 43.4 Å². The number of esters is 1. The Morgan fingerprint density at radius 1 is 1.29 bits per heavy atom. The van der Waals surface area contributed by atoms with E-state index in [1.807, 2.05) is 10.6 Å². The first-order chi connectivity index (χ1) is 16.0. The maximum Gasteiger partial charge on any atom is 0.343 e. The van der Waals surface area contributed by atoms with E-state index in [0.717, 1.165) is 33.7 Å². The maximum atomic E-state index is 12.9. The molecule has 2 unspecified atom stereocenters. The molecular formula is C26H30N2O5S. The number of rotatable bonds is 5. The van der Waals surface area contributed by atoms with E-state index in [-0.39, 0.29) is 29.1 Å². The Morgan fingerprint density at radius 3 is 2.62 bits per heavy atom. The number of hydrogen-bond donors (Lipinski definition) is 1. The molecule has 1 N–H and O–H groups in total. The number of pyridine rings is 1. The molecule has 8 heteroatoms. The first-order valence-electron chi connectivity index (χ1n) is 11.3. The molecule has 0 saturated heterocycles. The minimum atomic E-state index is -0.639. The molecule has 1 aliphatic heterocycles. The van der Waals surface area contributed by atoms with Gasteiger partial charge in [0.25, 0.3) is 0 Å². The average Bonchev–Trinajstić information content (AvgIpc) is 3.27. The number of thiazole rings is 1. The van der Waals surface area contributed by atoms with Crippen molar-refractivity contribution in [2.75, 3.05) is 13.7 Å². The van der Waals surface area contributed by atoms with Crippen molar-refractivity contribution in [3.05, 3.63) is 57.0 Å². The van der Waals surface area contributed by atoms with Gasteiger partial charge in [-0.25, -0.2) is 9.78 Å². The highest BCUT2D eigenvalue weighted by molar-refractivity contribution is 7.15. The fraction of sp³-hybridized carbons (Fsp3) is 0.423. The van der Waals surface area contributed by atoms with Crippen LogP contribution < -0.4 is 10.2 Å². The highest BCUT2D eigenvalue weighted by atomic mass is 32.1. The number of aromatic nitrogens is 2. The molecule has 0 aliphatic carbocycles. The van der Waals surface area contributed by atoms with E-state index in [1.165, 1.54) is 17.4 Å². The lowest BCUT2D eigenvalue weighted by Gasteiger charge is -2.39. The number of carbonyl (C=O) groups is 1. The summed E-state index contributed by atoms with van der Waals surface area (Å²) in [6.45, 7) is 10.1. The maximum absolute atomic E-state index is 12.9. The number of hydrogen-bond acceptors (Lipinski definition) is 7. The quantitative estimate of drug-likeness (QED) is 0.514. The summed E-state index contributed by atoms with van der Waals surface area (Å²) >= 11 is 1.43. The lowest BCUT2D eigenvalue weighted by molar-refractivity contribution is 0.0523. The molecular weight excluding hydrogens is 452 g/mol. The second kappa shape index (κ2) is 9.00. The molecule has 3 aromatic rings. The molecule has 1 aromatic carbocycles. The number of carbonyl (C=O) groups excluding carboxylic acids is 1. The highest BCUT2D eigenvalue weighted by Crippen LogP contribution is 2.46. The van der Waals surface area contributed by atoms with Gasteiger partial charge in [-0.3, -0.25) is 4.79 Å². The Balaban J connectivity index is 1.93. The van der Waals surface area contributed by atoms with Crippen LogP contribution in [0.2, 0.25) is 0 Å². The Hall–Kier alpha value is -2.97. The van der Waals surface area contributed by atoms with Gasteiger partial charge in [0.15, 0.2) is 5.43 Å². The van der Waals surface area contributed by atoms with Crippen molar-refractivity contribution in [2.24, 2.45) is 5.41 Å². The molecule has 0 fully saturated rings. The fourth-order valence-electron chi connectivity index (χ4n) is 4.41. The lowest BCUT2D eigenvalue weighted by Crippen LogP contribution is -2.33. The molecule has 2 aromatic heterocycles. The monoisotopic (exact) mass is 482 g/mol. The van der Waals surface area contributed by atoms with Gasteiger partial charge in [0, 0.05) is 35.6 Å². The largest absolute Gasteiger partial charge is 0.496 e. The Labute approximate surface area is 203 Å². The van der Waals surface area contributed by atoms with Gasteiger partial charge in [-0.1, -0.05) is 20.8 Å². The summed E-state index contributed by atoms with van der Waals surface area (Å²) in [6, 6.07) is 5.58. The van der Waals surface area contributed by atoms with Crippen molar-refractivity contribution in [3.63, 3.8) is 0 Å². The van der Waals surface area contributed by atoms with E-state index in [9.17, 15) is 14.7 Å². The predicted octanol–water partition coefficient (Wildman–Crippen LogP) is 5.02. The highest BCUT2D eigenvalue weighted by Gasteiger charge is 2.34. The van der Waals surface area contributed by atoms with E-state index in [2.05, 4.69) is 31.8 Å². The summed E-state index contributed by atoms with van der Waals surface area (Å²) < 4.78 is 12.9. The third kappa shape index (κ3) is 4.28. The number of aliphatic hydroxyl groups excluding tert-OH is 1. The molecule has 4 rings (SSSR count). The normalized spacial score (nSPS) is 15.9. The zero-order chi connectivity index (χ0) is 24.8. The summed E-state index contributed by atoms with van der Waals surface area (Å²) in [7, 11) is 1.61. The molecule has 0 saturated carbocycles. The van der Waals surface area contributed by atoms with E-state index in [1.54, 1.807) is 33.4 Å². The SMILES string of the molecule is CCOC(=O)c1cn2c(cc1=O)-c1cc(OC)c(-c3cnc(C(C)O)s3)cc1CC2C(C)(C)C. The number of methoxy groups -OCH3 is 1. The minimum absolute atomic E-state index is 0.0134. The topological polar surface area (TPSA) is 90.7 Å². The standard InChI is InChI=1S/C26H30N2O5S/c1-7-33-25(31)18-13-28-19(11-20(18)30)16-10-21(32-6)17(22-12-27-24(34-22)14(2)29)8-15(16)9-23(28)26(3,4)5/h8,10-14,23,29H,7,9H2,1-6H3. The van der Waals surface area contributed by atoms with Crippen molar-refractivity contribution in [1.29, 1.82) is 0 Å². The van der Waals surface area contributed by atoms with E-state index in [0.29, 0.717) is 10.8 Å². The third-order valence-corrected chi connectivity index (χ3v) is 7.37. The van der Waals surface area contributed by atoms with Crippen LogP contribution in [0.4, 0.5) is 0 Å². The van der Waals surface area contributed by atoms with Crippen molar-refractivity contribution in [1.82, 2.24) is 9.55 Å². The number of ether oxygens (including phenoxy) is 2. The molecule has 0 bridgehead atoms. The van der Waals surface area contributed by atoms with E-state index >= 15 is 0 Å². The van der Waals surface area contributed by atoms with E-state index < -0.39 is 12.1 Å². The first kappa shape index (κ1) is 24.2. The van der Waals surface area contributed by atoms with Gasteiger partial charge in [-0.15, -0.1) is 11.3 Å². The van der Waals surface area contributed by atoms with Gasteiger partial charge in [0.2, 0.25) is 0 Å². The van der Waals surface area contributed by atoms with E-state index in [4.69, 9.17) is 9.47 Å². The minimum Gasteiger partial charge on any atom is -0.496 e. The molecule has 2 atom stereocenters. The molecule has 0 spiro atoms. The molecule has 0 radical (unpaired) electrons. The van der Waals surface area contributed by atoms with Gasteiger partial charge in [0.05, 0.1) is 24.3 Å². The number of benzene rings is 1. The Bertz CT molecular complexity index is 1300. The van der Waals surface area contributed by atoms with Crippen LogP contribution in [0.1, 0.15) is 67.7 Å². The zero-order valence-corrected chi connectivity index (χ0v) is 21.2. The molecule has 0 amide bonds. The summed E-state index contributed by atoms with van der Waals surface area (Å²) in [6.07, 6.45) is 3.48. The second-order valence-corrected chi connectivity index (χ2v) is 10.7. The Morgan fingerprint density at radius 2 is 2.03 bits per heavy atom. The zero-order valence-electron chi connectivity index (χ0n) is 20.3. The van der Waals surface area contributed by atoms with Crippen LogP contribution in [0.25, 0.3) is 21.7 Å². The molecule has 1 aliphatic rings. The summed E-state index contributed by atoms with van der Waals surface area (Å²) in [5.74, 6) is 0.0514.